The van der Waals surface area contributed by atoms with Crippen molar-refractivity contribution in [2.24, 2.45) is 0 Å². The molecule has 5 heteroatoms. The molecule has 0 saturated carbocycles. The summed E-state index contributed by atoms with van der Waals surface area (Å²) in [4.78, 5) is 9.23. The number of ether oxygens (including phenoxy) is 2. The number of aromatic nitrogens is 1. The number of nitrogens with zero attached hydrogens (tertiary/aromatic N) is 3. The van der Waals surface area contributed by atoms with Crippen molar-refractivity contribution in [1.29, 1.82) is 0 Å². The zero-order chi connectivity index (χ0) is 15.5. The monoisotopic (exact) mass is 309 g/mol. The molecule has 0 bridgehead atoms. The van der Waals surface area contributed by atoms with Gasteiger partial charge in [-0.3, -0.25) is 4.90 Å². The van der Waals surface area contributed by atoms with Crippen LogP contribution in [0.5, 0.6) is 11.5 Å². The third-order valence-electron chi connectivity index (χ3n) is 4.21. The lowest BCUT2D eigenvalue weighted by Crippen LogP contribution is -2.46. The van der Waals surface area contributed by atoms with E-state index in [2.05, 4.69) is 33.0 Å². The summed E-state index contributed by atoms with van der Waals surface area (Å²) in [5.74, 6) is 2.63. The number of rotatable bonds is 3. The molecule has 2 aliphatic rings. The molecule has 0 unspecified atom stereocenters. The third kappa shape index (κ3) is 3.14. The summed E-state index contributed by atoms with van der Waals surface area (Å²) < 4.78 is 10.9. The summed E-state index contributed by atoms with van der Waals surface area (Å²) in [6, 6.07) is 12.2. The highest BCUT2D eigenvalue weighted by atomic mass is 16.5. The quantitative estimate of drug-likeness (QED) is 0.871. The van der Waals surface area contributed by atoms with E-state index in [-0.39, 0.29) is 0 Å². The van der Waals surface area contributed by atoms with Gasteiger partial charge in [-0.05, 0) is 29.8 Å². The molecular weight excluding hydrogens is 290 g/mol. The highest BCUT2D eigenvalue weighted by Gasteiger charge is 2.18. The first-order valence-corrected chi connectivity index (χ1v) is 7.88. The number of pyridine rings is 1. The number of benzene rings is 1. The second-order valence-electron chi connectivity index (χ2n) is 5.74. The van der Waals surface area contributed by atoms with Gasteiger partial charge in [-0.2, -0.15) is 0 Å². The summed E-state index contributed by atoms with van der Waals surface area (Å²) in [6.07, 6.45) is 4.97. The minimum absolute atomic E-state index is 0.774. The van der Waals surface area contributed by atoms with E-state index < -0.39 is 0 Å². The van der Waals surface area contributed by atoms with Gasteiger partial charge in [0, 0.05) is 38.9 Å². The first kappa shape index (κ1) is 14.1. The summed E-state index contributed by atoms with van der Waals surface area (Å²) in [5, 5.41) is 0. The molecule has 2 aromatic rings. The molecule has 1 aromatic carbocycles. The third-order valence-corrected chi connectivity index (χ3v) is 4.21. The maximum atomic E-state index is 5.49. The molecule has 23 heavy (non-hydrogen) atoms. The molecule has 1 saturated heterocycles. The molecule has 2 aliphatic heterocycles. The molecule has 0 N–H and O–H groups in total. The smallest absolute Gasteiger partial charge is 0.169 e. The highest BCUT2D eigenvalue weighted by Crippen LogP contribution is 2.31. The van der Waals surface area contributed by atoms with Crippen LogP contribution < -0.4 is 14.4 Å². The second kappa shape index (κ2) is 6.30. The Balaban J connectivity index is 1.36. The van der Waals surface area contributed by atoms with E-state index in [1.807, 2.05) is 24.4 Å². The molecule has 3 heterocycles. The van der Waals surface area contributed by atoms with Crippen molar-refractivity contribution in [3.63, 3.8) is 0 Å². The van der Waals surface area contributed by atoms with E-state index in [0.29, 0.717) is 0 Å². The van der Waals surface area contributed by atoms with Crippen LogP contribution >= 0.6 is 0 Å². The Bertz CT molecular complexity index is 695. The van der Waals surface area contributed by atoms with Gasteiger partial charge in [-0.25, -0.2) is 4.98 Å². The van der Waals surface area contributed by atoms with Crippen LogP contribution in [0.4, 0.5) is 5.82 Å². The van der Waals surface area contributed by atoms with Gasteiger partial charge in [-0.1, -0.05) is 12.1 Å². The number of fused-ring (bicyclic) bond motifs is 1. The van der Waals surface area contributed by atoms with Crippen molar-refractivity contribution in [3.05, 3.63) is 60.7 Å². The summed E-state index contributed by atoms with van der Waals surface area (Å²) in [6.45, 7) is 5.00. The van der Waals surface area contributed by atoms with Crippen molar-refractivity contribution >= 4 is 5.82 Å². The Morgan fingerprint density at radius 3 is 2.52 bits per heavy atom. The largest absolute Gasteiger partial charge is 0.458 e. The molecule has 0 spiro atoms. The molecule has 118 valence electrons. The number of hydrogen-bond donors (Lipinski definition) is 0. The molecule has 5 nitrogen and oxygen atoms in total. The van der Waals surface area contributed by atoms with E-state index in [0.717, 1.165) is 50.0 Å². The predicted molar refractivity (Wildman–Crippen MR) is 88.6 cm³/mol. The summed E-state index contributed by atoms with van der Waals surface area (Å²) in [5.41, 5.74) is 1.24. The normalized spacial score (nSPS) is 17.3. The van der Waals surface area contributed by atoms with Gasteiger partial charge >= 0.3 is 0 Å². The van der Waals surface area contributed by atoms with Crippen LogP contribution in [0.3, 0.4) is 0 Å². The topological polar surface area (TPSA) is 37.8 Å². The van der Waals surface area contributed by atoms with Crippen molar-refractivity contribution in [1.82, 2.24) is 9.88 Å². The first-order chi connectivity index (χ1) is 11.4. The van der Waals surface area contributed by atoms with Gasteiger partial charge in [0.05, 0.1) is 0 Å². The Morgan fingerprint density at radius 1 is 0.913 bits per heavy atom. The highest BCUT2D eigenvalue weighted by molar-refractivity contribution is 5.45. The average Bonchev–Trinajstić information content (AvgIpc) is 2.63. The minimum atomic E-state index is 0.774. The zero-order valence-electron chi connectivity index (χ0n) is 12.9. The second-order valence-corrected chi connectivity index (χ2v) is 5.74. The van der Waals surface area contributed by atoms with E-state index in [1.54, 1.807) is 12.5 Å². The van der Waals surface area contributed by atoms with E-state index in [9.17, 15) is 0 Å². The van der Waals surface area contributed by atoms with Gasteiger partial charge in [-0.15, -0.1) is 0 Å². The number of hydrogen-bond acceptors (Lipinski definition) is 5. The fourth-order valence-electron chi connectivity index (χ4n) is 2.98. The number of piperazine rings is 1. The summed E-state index contributed by atoms with van der Waals surface area (Å²) >= 11 is 0. The Kier molecular flexibility index (Phi) is 3.86. The van der Waals surface area contributed by atoms with Crippen LogP contribution in [0.2, 0.25) is 0 Å². The molecule has 0 radical (unpaired) electrons. The van der Waals surface area contributed by atoms with Gasteiger partial charge in [0.25, 0.3) is 0 Å². The van der Waals surface area contributed by atoms with Crippen LogP contribution in [0.25, 0.3) is 0 Å². The predicted octanol–water partition coefficient (Wildman–Crippen LogP) is 2.65. The Morgan fingerprint density at radius 2 is 1.74 bits per heavy atom. The van der Waals surface area contributed by atoms with Crippen LogP contribution in [0.1, 0.15) is 5.56 Å². The zero-order valence-corrected chi connectivity index (χ0v) is 12.9. The minimum Gasteiger partial charge on any atom is -0.458 e. The molecule has 0 amide bonds. The molecule has 4 rings (SSSR count). The van der Waals surface area contributed by atoms with E-state index >= 15 is 0 Å². The van der Waals surface area contributed by atoms with Crippen LogP contribution in [0, 0.1) is 0 Å². The van der Waals surface area contributed by atoms with Gasteiger partial charge in [0.2, 0.25) is 0 Å². The SMILES string of the molecule is C1=COc2cc(CN3CCN(c4ccccn4)CC3)ccc2O1. The number of anilines is 1. The Labute approximate surface area is 135 Å². The molecule has 1 fully saturated rings. The molecule has 0 aliphatic carbocycles. The van der Waals surface area contributed by atoms with Crippen molar-refractivity contribution in [3.8, 4) is 11.5 Å². The lowest BCUT2D eigenvalue weighted by Gasteiger charge is -2.35. The lowest BCUT2D eigenvalue weighted by molar-refractivity contribution is 0.249. The Hall–Kier alpha value is -2.53. The van der Waals surface area contributed by atoms with Gasteiger partial charge < -0.3 is 14.4 Å². The van der Waals surface area contributed by atoms with E-state index in [4.69, 9.17) is 9.47 Å². The summed E-state index contributed by atoms with van der Waals surface area (Å²) in [7, 11) is 0. The average molecular weight is 309 g/mol. The van der Waals surface area contributed by atoms with E-state index in [1.165, 1.54) is 5.56 Å². The maximum Gasteiger partial charge on any atom is 0.169 e. The van der Waals surface area contributed by atoms with Gasteiger partial charge in [0.1, 0.15) is 18.3 Å². The van der Waals surface area contributed by atoms with Crippen LogP contribution in [-0.2, 0) is 6.54 Å². The maximum absolute atomic E-state index is 5.49. The van der Waals surface area contributed by atoms with Crippen molar-refractivity contribution in [2.75, 3.05) is 31.1 Å². The fraction of sp³-hybridized carbons (Fsp3) is 0.278. The van der Waals surface area contributed by atoms with Crippen LogP contribution in [-0.4, -0.2) is 36.1 Å². The lowest BCUT2D eigenvalue weighted by atomic mass is 10.1. The molecular formula is C18H19N3O2. The molecule has 1 aromatic heterocycles. The van der Waals surface area contributed by atoms with Crippen LogP contribution in [0.15, 0.2) is 55.1 Å². The van der Waals surface area contributed by atoms with Crippen molar-refractivity contribution in [2.45, 2.75) is 6.54 Å². The van der Waals surface area contributed by atoms with Gasteiger partial charge in [0.15, 0.2) is 11.5 Å². The standard InChI is InChI=1S/C18H19N3O2/c1-2-6-19-18(3-1)21-9-7-20(8-10-21)14-15-4-5-16-17(13-15)23-12-11-22-16/h1-6,11-13H,7-10,14H2. The fourth-order valence-corrected chi connectivity index (χ4v) is 2.98. The molecule has 0 atom stereocenters. The first-order valence-electron chi connectivity index (χ1n) is 7.88. The van der Waals surface area contributed by atoms with Crippen molar-refractivity contribution < 1.29 is 9.47 Å².